The second-order valence-corrected chi connectivity index (χ2v) is 4.42. The molecule has 0 saturated carbocycles. The van der Waals surface area contributed by atoms with Crippen molar-refractivity contribution < 1.29 is 14.6 Å². The van der Waals surface area contributed by atoms with Gasteiger partial charge in [-0.15, -0.1) is 0 Å². The lowest BCUT2D eigenvalue weighted by molar-refractivity contribution is -0.139. The Balaban J connectivity index is 3.98. The summed E-state index contributed by atoms with van der Waals surface area (Å²) in [6.07, 6.45) is 1.56. The minimum Gasteiger partial charge on any atom is -0.480 e. The molecule has 0 spiro atoms. The summed E-state index contributed by atoms with van der Waals surface area (Å²) in [6, 6.07) is -0.146. The Bertz CT molecular complexity index is 212. The first kappa shape index (κ1) is 16.4. The van der Waals surface area contributed by atoms with Gasteiger partial charge in [-0.05, 0) is 33.4 Å². The Morgan fingerprint density at radius 1 is 1.53 bits per heavy atom. The summed E-state index contributed by atoms with van der Waals surface area (Å²) in [5, 5.41) is 12.1. The van der Waals surface area contributed by atoms with Crippen LogP contribution in [0.25, 0.3) is 0 Å². The summed E-state index contributed by atoms with van der Waals surface area (Å²) in [6.45, 7) is 6.25. The van der Waals surface area contributed by atoms with Crippen molar-refractivity contribution in [3.63, 3.8) is 0 Å². The van der Waals surface area contributed by atoms with Gasteiger partial charge in [0.15, 0.2) is 0 Å². The van der Waals surface area contributed by atoms with Crippen LogP contribution in [0.5, 0.6) is 0 Å². The molecular formula is C12H26N2O3. The molecule has 0 aromatic carbocycles. The van der Waals surface area contributed by atoms with Crippen LogP contribution in [0.15, 0.2) is 0 Å². The van der Waals surface area contributed by atoms with E-state index in [4.69, 9.17) is 9.84 Å². The van der Waals surface area contributed by atoms with E-state index in [1.165, 1.54) is 0 Å². The average Bonchev–Trinajstić information content (AvgIpc) is 2.28. The highest BCUT2D eigenvalue weighted by atomic mass is 16.5. The molecule has 0 heterocycles. The lowest BCUT2D eigenvalue weighted by Crippen LogP contribution is -2.41. The van der Waals surface area contributed by atoms with Crippen LogP contribution in [0, 0.1) is 0 Å². The summed E-state index contributed by atoms with van der Waals surface area (Å²) in [5.41, 5.74) is 0. The predicted molar refractivity (Wildman–Crippen MR) is 68.3 cm³/mol. The first-order valence-electron chi connectivity index (χ1n) is 6.18. The van der Waals surface area contributed by atoms with Crippen molar-refractivity contribution in [2.24, 2.45) is 0 Å². The van der Waals surface area contributed by atoms with Crippen molar-refractivity contribution in [2.75, 3.05) is 33.9 Å². The Morgan fingerprint density at radius 2 is 2.18 bits per heavy atom. The molecule has 0 saturated heterocycles. The summed E-state index contributed by atoms with van der Waals surface area (Å²) in [7, 11) is 3.66. The summed E-state index contributed by atoms with van der Waals surface area (Å²) in [4.78, 5) is 13.1. The Hall–Kier alpha value is -0.650. The molecule has 0 aromatic rings. The first-order chi connectivity index (χ1) is 8.02. The van der Waals surface area contributed by atoms with E-state index in [1.54, 1.807) is 7.11 Å². The fourth-order valence-corrected chi connectivity index (χ4v) is 1.55. The molecule has 2 N–H and O–H groups in total. The molecule has 0 aliphatic rings. The fourth-order valence-electron chi connectivity index (χ4n) is 1.55. The SMILES string of the molecule is CCCNC(CCN(C)C(C)COC)C(=O)O. The quantitative estimate of drug-likeness (QED) is 0.597. The van der Waals surface area contributed by atoms with Gasteiger partial charge in [0.1, 0.15) is 6.04 Å². The third-order valence-electron chi connectivity index (χ3n) is 2.87. The third kappa shape index (κ3) is 7.31. The molecule has 5 heteroatoms. The van der Waals surface area contributed by atoms with E-state index >= 15 is 0 Å². The van der Waals surface area contributed by atoms with Gasteiger partial charge in [-0.1, -0.05) is 6.92 Å². The normalized spacial score (nSPS) is 14.9. The number of hydrogen-bond acceptors (Lipinski definition) is 4. The largest absolute Gasteiger partial charge is 0.480 e. The highest BCUT2D eigenvalue weighted by molar-refractivity contribution is 5.73. The van der Waals surface area contributed by atoms with Crippen LogP contribution in [-0.4, -0.2) is 61.9 Å². The van der Waals surface area contributed by atoms with Crippen LogP contribution in [0.4, 0.5) is 0 Å². The number of hydrogen-bond donors (Lipinski definition) is 2. The van der Waals surface area contributed by atoms with E-state index in [-0.39, 0.29) is 0 Å². The summed E-state index contributed by atoms with van der Waals surface area (Å²) < 4.78 is 5.07. The van der Waals surface area contributed by atoms with Crippen molar-refractivity contribution >= 4 is 5.97 Å². The third-order valence-corrected chi connectivity index (χ3v) is 2.87. The molecule has 0 rings (SSSR count). The van der Waals surface area contributed by atoms with Gasteiger partial charge in [-0.3, -0.25) is 4.79 Å². The molecule has 0 radical (unpaired) electrons. The van der Waals surface area contributed by atoms with Gasteiger partial charge in [-0.2, -0.15) is 0 Å². The zero-order valence-electron chi connectivity index (χ0n) is 11.4. The van der Waals surface area contributed by atoms with Crippen molar-refractivity contribution in [1.82, 2.24) is 10.2 Å². The molecule has 0 aliphatic carbocycles. The molecule has 17 heavy (non-hydrogen) atoms. The van der Waals surface area contributed by atoms with Crippen molar-refractivity contribution in [1.29, 1.82) is 0 Å². The van der Waals surface area contributed by atoms with Gasteiger partial charge < -0.3 is 20.1 Å². The van der Waals surface area contributed by atoms with E-state index in [1.807, 2.05) is 14.0 Å². The van der Waals surface area contributed by atoms with Gasteiger partial charge in [0.25, 0.3) is 0 Å². The average molecular weight is 246 g/mol. The maximum atomic E-state index is 11.0. The summed E-state index contributed by atoms with van der Waals surface area (Å²) in [5.74, 6) is -0.772. The van der Waals surface area contributed by atoms with Crippen molar-refractivity contribution in [3.8, 4) is 0 Å². The van der Waals surface area contributed by atoms with Crippen LogP contribution in [0.3, 0.4) is 0 Å². The zero-order valence-corrected chi connectivity index (χ0v) is 11.4. The van der Waals surface area contributed by atoms with E-state index in [9.17, 15) is 4.79 Å². The van der Waals surface area contributed by atoms with Crippen molar-refractivity contribution in [3.05, 3.63) is 0 Å². The molecule has 0 amide bonds. The molecule has 0 fully saturated rings. The number of carboxylic acid groups (broad SMARTS) is 1. The van der Waals surface area contributed by atoms with Crippen LogP contribution in [0.2, 0.25) is 0 Å². The monoisotopic (exact) mass is 246 g/mol. The highest BCUT2D eigenvalue weighted by Crippen LogP contribution is 2.01. The van der Waals surface area contributed by atoms with E-state index in [0.717, 1.165) is 19.5 Å². The van der Waals surface area contributed by atoms with Crippen molar-refractivity contribution in [2.45, 2.75) is 38.8 Å². The number of carboxylic acids is 1. The van der Waals surface area contributed by atoms with Crippen LogP contribution in [0.1, 0.15) is 26.7 Å². The van der Waals surface area contributed by atoms with Crippen LogP contribution >= 0.6 is 0 Å². The maximum absolute atomic E-state index is 11.0. The molecular weight excluding hydrogens is 220 g/mol. The molecule has 5 nitrogen and oxygen atoms in total. The van der Waals surface area contributed by atoms with Gasteiger partial charge in [0.2, 0.25) is 0 Å². The number of aliphatic carboxylic acids is 1. The minimum atomic E-state index is -0.772. The van der Waals surface area contributed by atoms with Gasteiger partial charge >= 0.3 is 5.97 Å². The van der Waals surface area contributed by atoms with Gasteiger partial charge in [0.05, 0.1) is 6.61 Å². The molecule has 0 bridgehead atoms. The standard InChI is InChI=1S/C12H26N2O3/c1-5-7-13-11(12(15)16)6-8-14(3)10(2)9-17-4/h10-11,13H,5-9H2,1-4H3,(H,15,16). The minimum absolute atomic E-state index is 0.306. The molecule has 2 unspecified atom stereocenters. The van der Waals surface area contributed by atoms with Crippen LogP contribution in [-0.2, 0) is 9.53 Å². The number of methoxy groups -OCH3 is 1. The predicted octanol–water partition coefficient (Wildman–Crippen LogP) is 0.796. The molecule has 102 valence electrons. The number of rotatable bonds is 10. The first-order valence-corrected chi connectivity index (χ1v) is 6.18. The second-order valence-electron chi connectivity index (χ2n) is 4.42. The Morgan fingerprint density at radius 3 is 2.65 bits per heavy atom. The molecule has 0 aromatic heterocycles. The highest BCUT2D eigenvalue weighted by Gasteiger charge is 2.18. The number of ether oxygens (including phenoxy) is 1. The van der Waals surface area contributed by atoms with Gasteiger partial charge in [0, 0.05) is 19.7 Å². The number of likely N-dealkylation sites (N-methyl/N-ethyl adjacent to an activating group) is 1. The number of nitrogens with zero attached hydrogens (tertiary/aromatic N) is 1. The lowest BCUT2D eigenvalue weighted by atomic mass is 10.2. The topological polar surface area (TPSA) is 61.8 Å². The van der Waals surface area contributed by atoms with E-state index in [2.05, 4.69) is 17.1 Å². The molecule has 0 aliphatic heterocycles. The molecule has 2 atom stereocenters. The fraction of sp³-hybridized carbons (Fsp3) is 0.917. The summed E-state index contributed by atoms with van der Waals surface area (Å²) >= 11 is 0. The van der Waals surface area contributed by atoms with E-state index < -0.39 is 12.0 Å². The Kier molecular flexibility index (Phi) is 9.03. The number of nitrogens with one attached hydrogen (secondary N) is 1. The zero-order chi connectivity index (χ0) is 13.3. The maximum Gasteiger partial charge on any atom is 0.320 e. The lowest BCUT2D eigenvalue weighted by Gasteiger charge is -2.25. The Labute approximate surface area is 104 Å². The van der Waals surface area contributed by atoms with Crippen LogP contribution < -0.4 is 5.32 Å². The number of carbonyl (C=O) groups is 1. The van der Waals surface area contributed by atoms with Gasteiger partial charge in [-0.25, -0.2) is 0 Å². The van der Waals surface area contributed by atoms with E-state index in [0.29, 0.717) is 19.1 Å². The smallest absolute Gasteiger partial charge is 0.320 e. The second kappa shape index (κ2) is 9.39.